The molecule has 1 aliphatic rings. The van der Waals surface area contributed by atoms with E-state index in [-0.39, 0.29) is 11.9 Å². The van der Waals surface area contributed by atoms with Crippen molar-refractivity contribution in [3.05, 3.63) is 41.7 Å². The number of nitrogens with zero attached hydrogens (tertiary/aromatic N) is 3. The van der Waals surface area contributed by atoms with Crippen LogP contribution in [0.25, 0.3) is 16.1 Å². The lowest BCUT2D eigenvalue weighted by atomic mass is 10.2. The Morgan fingerprint density at radius 2 is 2.41 bits per heavy atom. The van der Waals surface area contributed by atoms with E-state index in [9.17, 15) is 4.79 Å². The highest BCUT2D eigenvalue weighted by atomic mass is 32.1. The molecule has 4 heterocycles. The highest BCUT2D eigenvalue weighted by Crippen LogP contribution is 2.27. The van der Waals surface area contributed by atoms with E-state index < -0.39 is 0 Å². The van der Waals surface area contributed by atoms with Crippen molar-refractivity contribution in [2.45, 2.75) is 12.5 Å². The van der Waals surface area contributed by atoms with Crippen molar-refractivity contribution in [2.24, 2.45) is 0 Å². The van der Waals surface area contributed by atoms with Crippen molar-refractivity contribution in [1.29, 1.82) is 0 Å². The van der Waals surface area contributed by atoms with Crippen LogP contribution < -0.4 is 10.6 Å². The molecule has 22 heavy (non-hydrogen) atoms. The number of aromatic nitrogens is 3. The summed E-state index contributed by atoms with van der Waals surface area (Å²) in [6, 6.07) is 6.09. The van der Waals surface area contributed by atoms with E-state index in [2.05, 4.69) is 20.7 Å². The minimum absolute atomic E-state index is 0.104. The Labute approximate surface area is 131 Å². The highest BCUT2D eigenvalue weighted by molar-refractivity contribution is 7.13. The van der Waals surface area contributed by atoms with E-state index in [4.69, 9.17) is 0 Å². The maximum Gasteiger partial charge on any atom is 0.271 e. The molecule has 0 bridgehead atoms. The molecule has 7 heteroatoms. The van der Waals surface area contributed by atoms with Crippen LogP contribution >= 0.6 is 11.3 Å². The number of rotatable bonds is 3. The molecule has 4 rings (SSSR count). The van der Waals surface area contributed by atoms with Crippen molar-refractivity contribution < 1.29 is 4.79 Å². The molecule has 1 amide bonds. The van der Waals surface area contributed by atoms with Crippen LogP contribution in [0.1, 0.15) is 16.9 Å². The second kappa shape index (κ2) is 5.51. The van der Waals surface area contributed by atoms with Gasteiger partial charge in [0, 0.05) is 24.2 Å². The second-order valence-corrected chi connectivity index (χ2v) is 6.15. The molecule has 0 aromatic carbocycles. The summed E-state index contributed by atoms with van der Waals surface area (Å²) in [7, 11) is 0. The van der Waals surface area contributed by atoms with E-state index in [1.807, 2.05) is 24.4 Å². The first-order valence-electron chi connectivity index (χ1n) is 7.21. The molecule has 0 aliphatic carbocycles. The summed E-state index contributed by atoms with van der Waals surface area (Å²) in [5, 5.41) is 13.2. The van der Waals surface area contributed by atoms with Gasteiger partial charge in [-0.2, -0.15) is 5.10 Å². The maximum atomic E-state index is 12.2. The Balaban J connectivity index is 1.59. The van der Waals surface area contributed by atoms with Gasteiger partial charge in [-0.3, -0.25) is 4.79 Å². The summed E-state index contributed by atoms with van der Waals surface area (Å²) in [5.41, 5.74) is 2.41. The predicted octanol–water partition coefficient (Wildman–Crippen LogP) is 1.55. The van der Waals surface area contributed by atoms with Crippen molar-refractivity contribution in [3.8, 4) is 10.6 Å². The number of hydrogen-bond acceptors (Lipinski definition) is 5. The van der Waals surface area contributed by atoms with Gasteiger partial charge in [0.05, 0.1) is 17.3 Å². The molecule has 2 N–H and O–H groups in total. The first kappa shape index (κ1) is 13.4. The summed E-state index contributed by atoms with van der Waals surface area (Å²) in [5.74, 6) is -0.104. The van der Waals surface area contributed by atoms with Crippen LogP contribution in [0.3, 0.4) is 0 Å². The van der Waals surface area contributed by atoms with Gasteiger partial charge in [0.1, 0.15) is 10.7 Å². The van der Waals surface area contributed by atoms with Gasteiger partial charge in [0.2, 0.25) is 0 Å². The zero-order chi connectivity index (χ0) is 14.9. The van der Waals surface area contributed by atoms with Crippen LogP contribution in [0.2, 0.25) is 0 Å². The van der Waals surface area contributed by atoms with Gasteiger partial charge in [-0.25, -0.2) is 9.50 Å². The zero-order valence-corrected chi connectivity index (χ0v) is 12.6. The summed E-state index contributed by atoms with van der Waals surface area (Å²) >= 11 is 1.47. The molecule has 112 valence electrons. The quantitative estimate of drug-likeness (QED) is 0.769. The predicted molar refractivity (Wildman–Crippen MR) is 85.0 cm³/mol. The summed E-state index contributed by atoms with van der Waals surface area (Å²) in [6.45, 7) is 1.78. The van der Waals surface area contributed by atoms with E-state index in [0.717, 1.165) is 35.6 Å². The number of fused-ring (bicyclic) bond motifs is 1. The third kappa shape index (κ3) is 2.38. The van der Waals surface area contributed by atoms with Crippen molar-refractivity contribution in [2.75, 3.05) is 13.1 Å². The zero-order valence-electron chi connectivity index (χ0n) is 11.8. The van der Waals surface area contributed by atoms with Gasteiger partial charge in [0.15, 0.2) is 0 Å². The number of pyridine rings is 1. The Morgan fingerprint density at radius 1 is 1.45 bits per heavy atom. The summed E-state index contributed by atoms with van der Waals surface area (Å²) in [6.07, 6.45) is 4.65. The van der Waals surface area contributed by atoms with Gasteiger partial charge in [-0.15, -0.1) is 11.3 Å². The normalized spacial score (nSPS) is 17.9. The Morgan fingerprint density at radius 3 is 3.27 bits per heavy atom. The van der Waals surface area contributed by atoms with E-state index in [0.29, 0.717) is 5.69 Å². The number of amides is 1. The Bertz CT molecular complexity index is 818. The molecule has 1 aliphatic heterocycles. The Kier molecular flexibility index (Phi) is 3.36. The summed E-state index contributed by atoms with van der Waals surface area (Å²) < 4.78 is 1.81. The largest absolute Gasteiger partial charge is 0.347 e. The second-order valence-electron chi connectivity index (χ2n) is 5.29. The number of hydrogen-bond donors (Lipinski definition) is 2. The topological polar surface area (TPSA) is 71.3 Å². The number of nitrogens with one attached hydrogen (secondary N) is 2. The number of carbonyl (C=O) groups is 1. The van der Waals surface area contributed by atoms with Gasteiger partial charge >= 0.3 is 0 Å². The number of carbonyl (C=O) groups excluding carboxylic acids is 1. The average Bonchev–Trinajstić information content (AvgIpc) is 3.27. The molecule has 1 fully saturated rings. The minimum Gasteiger partial charge on any atom is -0.347 e. The molecule has 3 aromatic heterocycles. The highest BCUT2D eigenvalue weighted by Gasteiger charge is 2.20. The molecule has 0 saturated carbocycles. The summed E-state index contributed by atoms with van der Waals surface area (Å²) in [4.78, 5) is 16.7. The molecular weight excluding hydrogens is 298 g/mol. The SMILES string of the molecule is O=C(NC1CCNC1)c1csc(-c2cnn3ccccc23)n1. The standard InChI is InChI=1S/C15H15N5OS/c21-14(18-10-4-5-16-7-10)12-9-22-15(19-12)11-8-17-20-6-2-1-3-13(11)20/h1-3,6,8-10,16H,4-5,7H2,(H,18,21). The molecule has 3 aromatic rings. The van der Waals surface area contributed by atoms with Crippen LogP contribution in [0, 0.1) is 0 Å². The minimum atomic E-state index is -0.104. The van der Waals surface area contributed by atoms with Crippen molar-refractivity contribution in [1.82, 2.24) is 25.2 Å². The number of thiazole rings is 1. The lowest BCUT2D eigenvalue weighted by molar-refractivity contribution is 0.0936. The third-order valence-electron chi connectivity index (χ3n) is 3.79. The lowest BCUT2D eigenvalue weighted by Crippen LogP contribution is -2.36. The van der Waals surface area contributed by atoms with Crippen LogP contribution in [-0.4, -0.2) is 39.6 Å². The maximum absolute atomic E-state index is 12.2. The molecule has 0 spiro atoms. The fourth-order valence-corrected chi connectivity index (χ4v) is 3.46. The van der Waals surface area contributed by atoms with Crippen molar-refractivity contribution in [3.63, 3.8) is 0 Å². The molecule has 1 saturated heterocycles. The fraction of sp³-hybridized carbons (Fsp3) is 0.267. The molecule has 1 atom stereocenters. The van der Waals surface area contributed by atoms with Gasteiger partial charge in [-0.1, -0.05) is 6.07 Å². The monoisotopic (exact) mass is 313 g/mol. The van der Waals surface area contributed by atoms with Gasteiger partial charge in [0.25, 0.3) is 5.91 Å². The van der Waals surface area contributed by atoms with E-state index in [1.54, 1.807) is 16.1 Å². The molecule has 1 unspecified atom stereocenters. The smallest absolute Gasteiger partial charge is 0.271 e. The van der Waals surface area contributed by atoms with E-state index in [1.165, 1.54) is 11.3 Å². The van der Waals surface area contributed by atoms with Crippen molar-refractivity contribution >= 4 is 22.8 Å². The Hall–Kier alpha value is -2.25. The molecule has 6 nitrogen and oxygen atoms in total. The molecule has 0 radical (unpaired) electrons. The molecular formula is C15H15N5OS. The first-order valence-corrected chi connectivity index (χ1v) is 8.09. The average molecular weight is 313 g/mol. The van der Waals surface area contributed by atoms with Gasteiger partial charge in [-0.05, 0) is 25.1 Å². The van der Waals surface area contributed by atoms with Crippen LogP contribution in [0.4, 0.5) is 0 Å². The lowest BCUT2D eigenvalue weighted by Gasteiger charge is -2.09. The van der Waals surface area contributed by atoms with E-state index >= 15 is 0 Å². The third-order valence-corrected chi connectivity index (χ3v) is 4.66. The van der Waals surface area contributed by atoms with Gasteiger partial charge < -0.3 is 10.6 Å². The van der Waals surface area contributed by atoms with Crippen LogP contribution in [-0.2, 0) is 0 Å². The van der Waals surface area contributed by atoms with Crippen LogP contribution in [0.5, 0.6) is 0 Å². The van der Waals surface area contributed by atoms with Crippen LogP contribution in [0.15, 0.2) is 36.0 Å². The first-order chi connectivity index (χ1) is 10.8. The fourth-order valence-electron chi connectivity index (χ4n) is 2.64.